The van der Waals surface area contributed by atoms with Gasteiger partial charge >= 0.3 is 0 Å². The Balaban J connectivity index is 1.75. The van der Waals surface area contributed by atoms with Gasteiger partial charge in [0.25, 0.3) is 0 Å². The second-order valence-corrected chi connectivity index (χ2v) is 7.46. The van der Waals surface area contributed by atoms with Crippen molar-refractivity contribution in [2.45, 2.75) is 20.3 Å². The van der Waals surface area contributed by atoms with Gasteiger partial charge in [0.05, 0.1) is 0 Å². The molecule has 0 saturated heterocycles. The number of ketones is 1. The molecule has 1 heteroatoms. The van der Waals surface area contributed by atoms with Gasteiger partial charge in [-0.15, -0.1) is 0 Å². The van der Waals surface area contributed by atoms with Gasteiger partial charge in [0.1, 0.15) is 0 Å². The zero-order chi connectivity index (χ0) is 19.5. The van der Waals surface area contributed by atoms with Crippen molar-refractivity contribution in [2.75, 3.05) is 0 Å². The van der Waals surface area contributed by atoms with Crippen LogP contribution in [0.25, 0.3) is 5.57 Å². The molecule has 2 aliphatic rings. The van der Waals surface area contributed by atoms with E-state index in [9.17, 15) is 4.79 Å². The maximum absolute atomic E-state index is 12.8. The Labute approximate surface area is 167 Å². The fourth-order valence-electron chi connectivity index (χ4n) is 3.93. The van der Waals surface area contributed by atoms with Gasteiger partial charge in [-0.3, -0.25) is 4.79 Å². The molecule has 1 atom stereocenters. The molecule has 2 aromatic rings. The quantitative estimate of drug-likeness (QED) is 0.615. The fraction of sp³-hybridized carbons (Fsp3) is 0.148. The van der Waals surface area contributed by atoms with Gasteiger partial charge in [0.15, 0.2) is 5.78 Å². The van der Waals surface area contributed by atoms with E-state index in [1.54, 1.807) is 6.08 Å². The molecule has 0 N–H and O–H groups in total. The van der Waals surface area contributed by atoms with Crippen LogP contribution in [0.2, 0.25) is 0 Å². The molecule has 0 heterocycles. The van der Waals surface area contributed by atoms with E-state index in [-0.39, 0.29) is 11.7 Å². The lowest BCUT2D eigenvalue weighted by Gasteiger charge is -2.25. The van der Waals surface area contributed by atoms with Crippen molar-refractivity contribution in [1.29, 1.82) is 0 Å². The average Bonchev–Trinajstić information content (AvgIpc) is 2.72. The standard InChI is InChI=1S/C27H24O/c1-19-12-14-22(15-13-19)24(21-8-4-3-5-9-21)16-17-26-25-11-7-6-10-23(25)20(2)18-27(26)28/h3-16,18,23H,17H2,1-2H3/b24-16-. The maximum atomic E-state index is 12.8. The molecule has 0 aromatic heterocycles. The smallest absolute Gasteiger partial charge is 0.182 e. The largest absolute Gasteiger partial charge is 0.290 e. The first-order chi connectivity index (χ1) is 13.6. The SMILES string of the molecule is CC1=CC(=O)C(C/C=C(/c2ccccc2)c2ccc(C)cc2)=C2C=CC=CC12. The van der Waals surface area contributed by atoms with Crippen molar-refractivity contribution in [1.82, 2.24) is 0 Å². The van der Waals surface area contributed by atoms with Crippen LogP contribution in [0.3, 0.4) is 0 Å². The van der Waals surface area contributed by atoms with Crippen molar-refractivity contribution in [3.63, 3.8) is 0 Å². The third-order valence-electron chi connectivity index (χ3n) is 5.48. The van der Waals surface area contributed by atoms with Crippen LogP contribution in [-0.2, 0) is 4.79 Å². The molecular weight excluding hydrogens is 340 g/mol. The summed E-state index contributed by atoms with van der Waals surface area (Å²) in [6, 6.07) is 19.0. The Morgan fingerprint density at radius 1 is 0.929 bits per heavy atom. The van der Waals surface area contributed by atoms with E-state index in [0.717, 1.165) is 16.7 Å². The van der Waals surface area contributed by atoms with E-state index in [0.29, 0.717) is 6.42 Å². The predicted octanol–water partition coefficient (Wildman–Crippen LogP) is 6.38. The first-order valence-corrected chi connectivity index (χ1v) is 9.76. The Kier molecular flexibility index (Phi) is 5.08. The van der Waals surface area contributed by atoms with Crippen LogP contribution in [0.15, 0.2) is 108 Å². The summed E-state index contributed by atoms with van der Waals surface area (Å²) in [4.78, 5) is 12.8. The molecule has 0 radical (unpaired) electrons. The first-order valence-electron chi connectivity index (χ1n) is 9.76. The third-order valence-corrected chi connectivity index (χ3v) is 5.48. The number of benzene rings is 2. The summed E-state index contributed by atoms with van der Waals surface area (Å²) in [7, 11) is 0. The molecule has 28 heavy (non-hydrogen) atoms. The van der Waals surface area contributed by atoms with Crippen molar-refractivity contribution >= 4 is 11.4 Å². The Morgan fingerprint density at radius 3 is 2.39 bits per heavy atom. The molecule has 1 nitrogen and oxygen atoms in total. The second-order valence-electron chi connectivity index (χ2n) is 7.46. The van der Waals surface area contributed by atoms with Gasteiger partial charge < -0.3 is 0 Å². The van der Waals surface area contributed by atoms with Gasteiger partial charge in [-0.2, -0.15) is 0 Å². The molecule has 2 aliphatic carbocycles. The summed E-state index contributed by atoms with van der Waals surface area (Å²) in [5.74, 6) is 0.363. The summed E-state index contributed by atoms with van der Waals surface area (Å²) in [5.41, 5.74) is 7.91. The summed E-state index contributed by atoms with van der Waals surface area (Å²) in [6.07, 6.45) is 13.0. The zero-order valence-electron chi connectivity index (χ0n) is 16.4. The lowest BCUT2D eigenvalue weighted by atomic mass is 9.78. The number of fused-ring (bicyclic) bond motifs is 1. The highest BCUT2D eigenvalue weighted by atomic mass is 16.1. The minimum atomic E-state index is 0.135. The van der Waals surface area contributed by atoms with E-state index in [4.69, 9.17) is 0 Å². The van der Waals surface area contributed by atoms with Gasteiger partial charge in [-0.1, -0.05) is 96.1 Å². The summed E-state index contributed by atoms with van der Waals surface area (Å²) < 4.78 is 0. The first kappa shape index (κ1) is 18.2. The van der Waals surface area contributed by atoms with Crippen LogP contribution in [0, 0.1) is 12.8 Å². The molecule has 138 valence electrons. The summed E-state index contributed by atoms with van der Waals surface area (Å²) in [5, 5.41) is 0. The molecule has 2 aromatic carbocycles. The lowest BCUT2D eigenvalue weighted by molar-refractivity contribution is -0.111. The molecular formula is C27H24O. The monoisotopic (exact) mass is 364 g/mol. The van der Waals surface area contributed by atoms with E-state index in [1.165, 1.54) is 22.3 Å². The number of rotatable bonds is 4. The van der Waals surface area contributed by atoms with Gasteiger partial charge in [0, 0.05) is 11.5 Å². The topological polar surface area (TPSA) is 17.1 Å². The molecule has 1 unspecified atom stereocenters. The van der Waals surface area contributed by atoms with Crippen LogP contribution in [0.5, 0.6) is 0 Å². The highest BCUT2D eigenvalue weighted by molar-refractivity contribution is 6.07. The number of hydrogen-bond donors (Lipinski definition) is 0. The van der Waals surface area contributed by atoms with Gasteiger partial charge in [-0.25, -0.2) is 0 Å². The van der Waals surface area contributed by atoms with Crippen molar-refractivity contribution in [3.05, 3.63) is 124 Å². The molecule has 0 amide bonds. The molecule has 4 rings (SSSR count). The lowest BCUT2D eigenvalue weighted by Crippen LogP contribution is -2.17. The Hall–Kier alpha value is -3.19. The maximum Gasteiger partial charge on any atom is 0.182 e. The highest BCUT2D eigenvalue weighted by Crippen LogP contribution is 2.35. The van der Waals surface area contributed by atoms with Crippen LogP contribution >= 0.6 is 0 Å². The van der Waals surface area contributed by atoms with E-state index >= 15 is 0 Å². The minimum Gasteiger partial charge on any atom is -0.290 e. The van der Waals surface area contributed by atoms with E-state index in [1.807, 2.05) is 19.1 Å². The predicted molar refractivity (Wildman–Crippen MR) is 117 cm³/mol. The van der Waals surface area contributed by atoms with Gasteiger partial charge in [-0.05, 0) is 48.6 Å². The Morgan fingerprint density at radius 2 is 1.64 bits per heavy atom. The minimum absolute atomic E-state index is 0.135. The normalized spacial score (nSPS) is 18.9. The van der Waals surface area contributed by atoms with Crippen molar-refractivity contribution < 1.29 is 4.79 Å². The van der Waals surface area contributed by atoms with Crippen LogP contribution in [-0.4, -0.2) is 5.78 Å². The fourth-order valence-corrected chi connectivity index (χ4v) is 3.93. The number of carbonyl (C=O) groups is 1. The van der Waals surface area contributed by atoms with Crippen LogP contribution in [0.4, 0.5) is 0 Å². The van der Waals surface area contributed by atoms with Crippen LogP contribution < -0.4 is 0 Å². The Bertz CT molecular complexity index is 1040. The molecule has 0 bridgehead atoms. The van der Waals surface area contributed by atoms with Crippen molar-refractivity contribution in [2.24, 2.45) is 5.92 Å². The second kappa shape index (κ2) is 7.82. The number of carbonyl (C=O) groups excluding carboxylic acids is 1. The highest BCUT2D eigenvalue weighted by Gasteiger charge is 2.25. The number of aryl methyl sites for hydroxylation is 1. The number of hydrogen-bond acceptors (Lipinski definition) is 1. The molecule has 0 aliphatic heterocycles. The third kappa shape index (κ3) is 3.61. The van der Waals surface area contributed by atoms with Crippen molar-refractivity contribution in [3.8, 4) is 0 Å². The summed E-state index contributed by atoms with van der Waals surface area (Å²) in [6.45, 7) is 4.14. The van der Waals surface area contributed by atoms with Gasteiger partial charge in [0.2, 0.25) is 0 Å². The van der Waals surface area contributed by atoms with E-state index < -0.39 is 0 Å². The van der Waals surface area contributed by atoms with E-state index in [2.05, 4.69) is 79.8 Å². The average molecular weight is 364 g/mol. The summed E-state index contributed by atoms with van der Waals surface area (Å²) >= 11 is 0. The number of allylic oxidation sites excluding steroid dienone is 9. The molecule has 0 spiro atoms. The molecule has 0 fully saturated rings. The van der Waals surface area contributed by atoms with Crippen LogP contribution in [0.1, 0.15) is 30.0 Å². The molecule has 0 saturated carbocycles. The zero-order valence-corrected chi connectivity index (χ0v) is 16.4.